The zero-order chi connectivity index (χ0) is 16.9. The van der Waals surface area contributed by atoms with Crippen molar-refractivity contribution < 1.29 is 9.21 Å². The molecule has 6 nitrogen and oxygen atoms in total. The number of fused-ring (bicyclic) bond motifs is 1. The van der Waals surface area contributed by atoms with E-state index >= 15 is 0 Å². The first-order valence-corrected chi connectivity index (χ1v) is 8.62. The third kappa shape index (κ3) is 3.68. The average molecular weight is 342 g/mol. The molecule has 1 aromatic carbocycles. The molecule has 0 fully saturated rings. The fourth-order valence-electron chi connectivity index (χ4n) is 2.32. The van der Waals surface area contributed by atoms with E-state index in [1.54, 1.807) is 6.07 Å². The van der Waals surface area contributed by atoms with E-state index in [1.807, 2.05) is 37.3 Å². The first-order valence-electron chi connectivity index (χ1n) is 7.64. The molecule has 1 amide bonds. The van der Waals surface area contributed by atoms with Crippen molar-refractivity contribution in [2.75, 3.05) is 5.75 Å². The molecule has 7 heteroatoms. The Morgan fingerprint density at radius 2 is 2.21 bits per heavy atom. The van der Waals surface area contributed by atoms with Gasteiger partial charge >= 0.3 is 0 Å². The van der Waals surface area contributed by atoms with Gasteiger partial charge in [0.25, 0.3) is 5.91 Å². The van der Waals surface area contributed by atoms with Crippen LogP contribution in [0.25, 0.3) is 11.0 Å². The summed E-state index contributed by atoms with van der Waals surface area (Å²) in [4.78, 5) is 16.5. The predicted octanol–water partition coefficient (Wildman–Crippen LogP) is 3.20. The fourth-order valence-corrected chi connectivity index (χ4v) is 3.19. The number of hydrazone groups is 1. The monoisotopic (exact) mass is 342 g/mol. The van der Waals surface area contributed by atoms with Crippen LogP contribution < -0.4 is 5.43 Å². The molecule has 124 valence electrons. The SMILES string of the molecule is CCn1c(SCC(=O)N/N=C\c2ccc(C)o2)nc2ccccc21. The molecule has 3 rings (SSSR count). The maximum atomic E-state index is 11.9. The van der Waals surface area contributed by atoms with Gasteiger partial charge in [0.05, 0.1) is 23.0 Å². The summed E-state index contributed by atoms with van der Waals surface area (Å²) in [6, 6.07) is 11.6. The van der Waals surface area contributed by atoms with Gasteiger partial charge in [-0.15, -0.1) is 0 Å². The number of carbonyl (C=O) groups is 1. The van der Waals surface area contributed by atoms with E-state index in [0.29, 0.717) is 5.76 Å². The van der Waals surface area contributed by atoms with Crippen LogP contribution in [0, 0.1) is 6.92 Å². The second-order valence-electron chi connectivity index (χ2n) is 5.16. The van der Waals surface area contributed by atoms with Gasteiger partial charge in [0.2, 0.25) is 0 Å². The molecular formula is C17H18N4O2S. The third-order valence-corrected chi connectivity index (χ3v) is 4.39. The Kier molecular flexibility index (Phi) is 5.00. The Morgan fingerprint density at radius 3 is 2.96 bits per heavy atom. The lowest BCUT2D eigenvalue weighted by Gasteiger charge is -2.04. The zero-order valence-corrected chi connectivity index (χ0v) is 14.3. The molecule has 0 aliphatic heterocycles. The van der Waals surface area contributed by atoms with Crippen molar-refractivity contribution in [2.45, 2.75) is 25.5 Å². The normalized spacial score (nSPS) is 11.4. The van der Waals surface area contributed by atoms with Gasteiger partial charge in [0.15, 0.2) is 5.16 Å². The van der Waals surface area contributed by atoms with Gasteiger partial charge in [0.1, 0.15) is 11.5 Å². The molecule has 1 N–H and O–H groups in total. The molecule has 0 spiro atoms. The molecule has 0 radical (unpaired) electrons. The van der Waals surface area contributed by atoms with Crippen molar-refractivity contribution in [3.63, 3.8) is 0 Å². The van der Waals surface area contributed by atoms with Crippen LogP contribution in [0.2, 0.25) is 0 Å². The van der Waals surface area contributed by atoms with Crippen LogP contribution in [0.1, 0.15) is 18.4 Å². The van der Waals surface area contributed by atoms with E-state index in [0.717, 1.165) is 28.5 Å². The number of aryl methyl sites for hydroxylation is 2. The summed E-state index contributed by atoms with van der Waals surface area (Å²) < 4.78 is 7.44. The Balaban J connectivity index is 1.59. The summed E-state index contributed by atoms with van der Waals surface area (Å²) in [5.74, 6) is 1.47. The molecule has 0 aliphatic rings. The Morgan fingerprint density at radius 1 is 1.38 bits per heavy atom. The van der Waals surface area contributed by atoms with Crippen LogP contribution in [0.15, 0.2) is 51.1 Å². The van der Waals surface area contributed by atoms with E-state index in [1.165, 1.54) is 18.0 Å². The fraction of sp³-hybridized carbons (Fsp3) is 0.235. The number of rotatable bonds is 6. The number of furan rings is 1. The van der Waals surface area contributed by atoms with Crippen molar-refractivity contribution in [1.29, 1.82) is 0 Å². The maximum absolute atomic E-state index is 11.9. The van der Waals surface area contributed by atoms with Gasteiger partial charge in [0, 0.05) is 6.54 Å². The smallest absolute Gasteiger partial charge is 0.250 e. The molecule has 0 unspecified atom stereocenters. The lowest BCUT2D eigenvalue weighted by atomic mass is 10.3. The number of hydrogen-bond acceptors (Lipinski definition) is 5. The first kappa shape index (κ1) is 16.3. The number of carbonyl (C=O) groups excluding carboxylic acids is 1. The van der Waals surface area contributed by atoms with Crippen molar-refractivity contribution in [1.82, 2.24) is 15.0 Å². The average Bonchev–Trinajstić information content (AvgIpc) is 3.15. The summed E-state index contributed by atoms with van der Waals surface area (Å²) in [5, 5.41) is 4.73. The zero-order valence-electron chi connectivity index (χ0n) is 13.5. The molecule has 3 aromatic rings. The highest BCUT2D eigenvalue weighted by Gasteiger charge is 2.11. The number of imidazole rings is 1. The Labute approximate surface area is 143 Å². The third-order valence-electron chi connectivity index (χ3n) is 3.41. The molecule has 2 heterocycles. The molecule has 0 aliphatic carbocycles. The minimum Gasteiger partial charge on any atom is -0.460 e. The van der Waals surface area contributed by atoms with Gasteiger partial charge in [-0.2, -0.15) is 5.10 Å². The number of nitrogens with zero attached hydrogens (tertiary/aromatic N) is 3. The Hall–Kier alpha value is -2.54. The topological polar surface area (TPSA) is 72.4 Å². The van der Waals surface area contributed by atoms with Gasteiger partial charge < -0.3 is 8.98 Å². The van der Waals surface area contributed by atoms with Gasteiger partial charge in [-0.05, 0) is 38.1 Å². The van der Waals surface area contributed by atoms with Crippen LogP contribution in [-0.4, -0.2) is 27.4 Å². The largest absolute Gasteiger partial charge is 0.460 e. The van der Waals surface area contributed by atoms with E-state index in [2.05, 4.69) is 27.0 Å². The number of aromatic nitrogens is 2. The number of amides is 1. The molecule has 24 heavy (non-hydrogen) atoms. The number of benzene rings is 1. The number of para-hydroxylation sites is 2. The molecule has 0 saturated heterocycles. The standard InChI is InChI=1S/C17H18N4O2S/c1-3-21-15-7-5-4-6-14(15)19-17(21)24-11-16(22)20-18-10-13-9-8-12(2)23-13/h4-10H,3,11H2,1-2H3,(H,20,22)/b18-10-. The summed E-state index contributed by atoms with van der Waals surface area (Å²) in [6.45, 7) is 4.72. The summed E-state index contributed by atoms with van der Waals surface area (Å²) in [6.07, 6.45) is 1.48. The number of thioether (sulfide) groups is 1. The minimum atomic E-state index is -0.186. The van der Waals surface area contributed by atoms with E-state index in [9.17, 15) is 4.79 Å². The highest BCUT2D eigenvalue weighted by molar-refractivity contribution is 7.99. The van der Waals surface area contributed by atoms with E-state index in [-0.39, 0.29) is 11.7 Å². The number of hydrogen-bond donors (Lipinski definition) is 1. The Bertz CT molecular complexity index is 882. The van der Waals surface area contributed by atoms with Crippen molar-refractivity contribution >= 4 is 34.9 Å². The first-order chi connectivity index (χ1) is 11.7. The summed E-state index contributed by atoms with van der Waals surface area (Å²) in [7, 11) is 0. The van der Waals surface area contributed by atoms with Crippen molar-refractivity contribution in [3.8, 4) is 0 Å². The lowest BCUT2D eigenvalue weighted by molar-refractivity contribution is -0.118. The summed E-state index contributed by atoms with van der Waals surface area (Å²) >= 11 is 1.40. The quantitative estimate of drug-likeness (QED) is 0.424. The van der Waals surface area contributed by atoms with Crippen LogP contribution in [0.4, 0.5) is 0 Å². The molecule has 0 saturated carbocycles. The predicted molar refractivity (Wildman–Crippen MR) is 95.3 cm³/mol. The van der Waals surface area contributed by atoms with Gasteiger partial charge in [-0.3, -0.25) is 4.79 Å². The van der Waals surface area contributed by atoms with Gasteiger partial charge in [-0.1, -0.05) is 23.9 Å². The second-order valence-corrected chi connectivity index (χ2v) is 6.10. The van der Waals surface area contributed by atoms with Crippen LogP contribution in [-0.2, 0) is 11.3 Å². The maximum Gasteiger partial charge on any atom is 0.250 e. The van der Waals surface area contributed by atoms with E-state index < -0.39 is 0 Å². The lowest BCUT2D eigenvalue weighted by Crippen LogP contribution is -2.19. The summed E-state index contributed by atoms with van der Waals surface area (Å²) in [5.41, 5.74) is 4.51. The van der Waals surface area contributed by atoms with Crippen LogP contribution in [0.3, 0.4) is 0 Å². The van der Waals surface area contributed by atoms with Crippen LogP contribution >= 0.6 is 11.8 Å². The minimum absolute atomic E-state index is 0.186. The highest BCUT2D eigenvalue weighted by Crippen LogP contribution is 2.23. The van der Waals surface area contributed by atoms with Crippen molar-refractivity contribution in [2.24, 2.45) is 5.10 Å². The number of nitrogens with one attached hydrogen (secondary N) is 1. The molecule has 2 aromatic heterocycles. The van der Waals surface area contributed by atoms with Crippen molar-refractivity contribution in [3.05, 3.63) is 47.9 Å². The van der Waals surface area contributed by atoms with Crippen LogP contribution in [0.5, 0.6) is 0 Å². The molecule has 0 atom stereocenters. The van der Waals surface area contributed by atoms with Gasteiger partial charge in [-0.25, -0.2) is 10.4 Å². The molecular weight excluding hydrogens is 324 g/mol. The highest BCUT2D eigenvalue weighted by atomic mass is 32.2. The van der Waals surface area contributed by atoms with E-state index in [4.69, 9.17) is 4.42 Å². The molecule has 0 bridgehead atoms. The second kappa shape index (κ2) is 7.35.